The summed E-state index contributed by atoms with van der Waals surface area (Å²) >= 11 is 0. The van der Waals surface area contributed by atoms with Crippen LogP contribution < -0.4 is 11.1 Å². The summed E-state index contributed by atoms with van der Waals surface area (Å²) < 4.78 is 1.88. The van der Waals surface area contributed by atoms with E-state index in [1.165, 1.54) is 0 Å². The molecule has 1 saturated carbocycles. The number of amides is 1. The Bertz CT molecular complexity index is 671. The zero-order valence-corrected chi connectivity index (χ0v) is 14.6. The van der Waals surface area contributed by atoms with E-state index in [0.717, 1.165) is 31.4 Å². The van der Waals surface area contributed by atoms with Crippen molar-refractivity contribution < 1.29 is 4.79 Å². The smallest absolute Gasteiger partial charge is 0.225 e. The van der Waals surface area contributed by atoms with Crippen molar-refractivity contribution in [3.8, 4) is 5.69 Å². The lowest BCUT2D eigenvalue weighted by atomic mass is 9.74. The molecular weight excluding hydrogens is 326 g/mol. The van der Waals surface area contributed by atoms with Crippen LogP contribution in [-0.4, -0.2) is 26.2 Å². The van der Waals surface area contributed by atoms with Gasteiger partial charge in [0.25, 0.3) is 0 Å². The number of halogens is 1. The normalized spacial score (nSPS) is 23.3. The quantitative estimate of drug-likeness (QED) is 0.886. The summed E-state index contributed by atoms with van der Waals surface area (Å²) in [6.45, 7) is 2.32. The third-order valence-corrected chi connectivity index (χ3v) is 4.64. The summed E-state index contributed by atoms with van der Waals surface area (Å²) in [4.78, 5) is 12.5. The van der Waals surface area contributed by atoms with Gasteiger partial charge in [0, 0.05) is 11.2 Å². The Hall–Kier alpha value is -1.92. The van der Waals surface area contributed by atoms with Crippen LogP contribution in [0.1, 0.15) is 38.4 Å². The van der Waals surface area contributed by atoms with E-state index in [1.807, 2.05) is 41.8 Å². The van der Waals surface area contributed by atoms with Crippen molar-refractivity contribution in [2.45, 2.75) is 44.7 Å². The van der Waals surface area contributed by atoms with Crippen molar-refractivity contribution >= 4 is 18.3 Å². The molecule has 0 aliphatic heterocycles. The highest BCUT2D eigenvalue weighted by Crippen LogP contribution is 2.31. The molecule has 1 fully saturated rings. The molecule has 0 saturated heterocycles. The maximum atomic E-state index is 12.5. The molecule has 2 atom stereocenters. The van der Waals surface area contributed by atoms with Gasteiger partial charge < -0.3 is 11.1 Å². The van der Waals surface area contributed by atoms with E-state index >= 15 is 0 Å². The molecule has 2 aromatic rings. The number of carbonyl (C=O) groups is 1. The zero-order chi connectivity index (χ0) is 16.3. The summed E-state index contributed by atoms with van der Waals surface area (Å²) in [6.07, 6.45) is 5.56. The summed E-state index contributed by atoms with van der Waals surface area (Å²) in [7, 11) is 0. The van der Waals surface area contributed by atoms with Gasteiger partial charge in [0.05, 0.1) is 12.5 Å². The number of para-hydroxylation sites is 1. The molecule has 1 aliphatic carbocycles. The fourth-order valence-electron chi connectivity index (χ4n) is 3.26. The van der Waals surface area contributed by atoms with Gasteiger partial charge in [-0.15, -0.1) is 22.6 Å². The second kappa shape index (κ2) is 7.77. The molecule has 1 aromatic heterocycles. The van der Waals surface area contributed by atoms with Gasteiger partial charge in [-0.1, -0.05) is 31.0 Å². The van der Waals surface area contributed by atoms with E-state index < -0.39 is 5.54 Å². The maximum absolute atomic E-state index is 12.5. The van der Waals surface area contributed by atoms with E-state index in [9.17, 15) is 4.79 Å². The molecule has 3 N–H and O–H groups in total. The van der Waals surface area contributed by atoms with Gasteiger partial charge in [0.15, 0.2) is 5.82 Å². The number of hydrogen-bond acceptors (Lipinski definition) is 4. The SMILES string of the molecule is CC1(N)CCCCC1C(=O)NCc1nncn1-c1ccccc1.Cl. The zero-order valence-electron chi connectivity index (χ0n) is 13.8. The molecule has 7 heteroatoms. The molecule has 3 rings (SSSR count). The first-order valence-electron chi connectivity index (χ1n) is 8.09. The van der Waals surface area contributed by atoms with Gasteiger partial charge in [-0.2, -0.15) is 0 Å². The molecule has 130 valence electrons. The Morgan fingerprint density at radius 2 is 2.12 bits per heavy atom. The number of carbonyl (C=O) groups excluding carboxylic acids is 1. The highest BCUT2D eigenvalue weighted by molar-refractivity contribution is 5.85. The topological polar surface area (TPSA) is 85.8 Å². The van der Waals surface area contributed by atoms with Crippen molar-refractivity contribution in [3.05, 3.63) is 42.5 Å². The molecule has 0 spiro atoms. The number of nitrogens with zero attached hydrogens (tertiary/aromatic N) is 3. The van der Waals surface area contributed by atoms with Gasteiger partial charge in [0.2, 0.25) is 5.91 Å². The van der Waals surface area contributed by atoms with Crippen molar-refractivity contribution in [2.24, 2.45) is 11.7 Å². The lowest BCUT2D eigenvalue weighted by molar-refractivity contribution is -0.128. The van der Waals surface area contributed by atoms with Gasteiger partial charge in [-0.25, -0.2) is 0 Å². The third kappa shape index (κ3) is 3.94. The number of nitrogens with one attached hydrogen (secondary N) is 1. The molecule has 0 radical (unpaired) electrons. The minimum atomic E-state index is -0.421. The summed E-state index contributed by atoms with van der Waals surface area (Å²) in [5, 5.41) is 11.0. The summed E-state index contributed by atoms with van der Waals surface area (Å²) in [6, 6.07) is 9.83. The van der Waals surface area contributed by atoms with Crippen LogP contribution in [0.2, 0.25) is 0 Å². The second-order valence-electron chi connectivity index (χ2n) is 6.47. The van der Waals surface area contributed by atoms with E-state index in [-0.39, 0.29) is 24.2 Å². The van der Waals surface area contributed by atoms with E-state index in [0.29, 0.717) is 12.4 Å². The first-order valence-corrected chi connectivity index (χ1v) is 8.09. The summed E-state index contributed by atoms with van der Waals surface area (Å²) in [5.74, 6) is 0.584. The average Bonchev–Trinajstić information content (AvgIpc) is 3.01. The average molecular weight is 350 g/mol. The van der Waals surface area contributed by atoms with Crippen molar-refractivity contribution in [1.82, 2.24) is 20.1 Å². The molecule has 2 unspecified atom stereocenters. The Kier molecular flexibility index (Phi) is 5.96. The standard InChI is InChI=1S/C17H23N5O.ClH/c1-17(18)10-6-5-9-14(17)16(23)19-11-15-21-20-12-22(15)13-7-3-2-4-8-13;/h2-4,7-8,12,14H,5-6,9-11,18H2,1H3,(H,19,23);1H. The lowest BCUT2D eigenvalue weighted by Gasteiger charge is -2.37. The number of hydrogen-bond donors (Lipinski definition) is 2. The van der Waals surface area contributed by atoms with Crippen LogP contribution >= 0.6 is 12.4 Å². The highest BCUT2D eigenvalue weighted by Gasteiger charge is 2.37. The van der Waals surface area contributed by atoms with Crippen molar-refractivity contribution in [1.29, 1.82) is 0 Å². The number of aromatic nitrogens is 3. The van der Waals surface area contributed by atoms with Crippen LogP contribution in [-0.2, 0) is 11.3 Å². The van der Waals surface area contributed by atoms with Crippen molar-refractivity contribution in [3.63, 3.8) is 0 Å². The monoisotopic (exact) mass is 349 g/mol. The Balaban J connectivity index is 0.00000208. The fourth-order valence-corrected chi connectivity index (χ4v) is 3.26. The molecule has 24 heavy (non-hydrogen) atoms. The van der Waals surface area contributed by atoms with E-state index in [2.05, 4.69) is 15.5 Å². The molecule has 1 amide bonds. The van der Waals surface area contributed by atoms with Crippen LogP contribution in [0.3, 0.4) is 0 Å². The van der Waals surface area contributed by atoms with E-state index in [1.54, 1.807) is 6.33 Å². The predicted octanol–water partition coefficient (Wildman–Crippen LogP) is 2.21. The Morgan fingerprint density at radius 3 is 2.83 bits per heavy atom. The lowest BCUT2D eigenvalue weighted by Crippen LogP contribution is -2.52. The van der Waals surface area contributed by atoms with Crippen LogP contribution in [0.15, 0.2) is 36.7 Å². The second-order valence-corrected chi connectivity index (χ2v) is 6.47. The number of rotatable bonds is 4. The summed E-state index contributed by atoms with van der Waals surface area (Å²) in [5.41, 5.74) is 6.85. The van der Waals surface area contributed by atoms with Gasteiger partial charge in [0.1, 0.15) is 6.33 Å². The first-order chi connectivity index (χ1) is 11.1. The number of benzene rings is 1. The maximum Gasteiger partial charge on any atom is 0.225 e. The molecule has 1 aromatic carbocycles. The predicted molar refractivity (Wildman–Crippen MR) is 95.0 cm³/mol. The minimum Gasteiger partial charge on any atom is -0.348 e. The largest absolute Gasteiger partial charge is 0.348 e. The molecule has 0 bridgehead atoms. The van der Waals surface area contributed by atoms with Gasteiger partial charge in [-0.3, -0.25) is 9.36 Å². The number of nitrogens with two attached hydrogens (primary N) is 1. The van der Waals surface area contributed by atoms with Crippen LogP contribution in [0.25, 0.3) is 5.69 Å². The van der Waals surface area contributed by atoms with Crippen LogP contribution in [0.5, 0.6) is 0 Å². The van der Waals surface area contributed by atoms with Gasteiger partial charge in [-0.05, 0) is 31.9 Å². The Morgan fingerprint density at radius 1 is 1.38 bits per heavy atom. The molecular formula is C17H24ClN5O. The molecule has 1 aliphatic rings. The fraction of sp³-hybridized carbons (Fsp3) is 0.471. The first kappa shape index (κ1) is 18.4. The highest BCUT2D eigenvalue weighted by atomic mass is 35.5. The Labute approximate surface area is 148 Å². The van der Waals surface area contributed by atoms with Crippen LogP contribution in [0, 0.1) is 5.92 Å². The molecule has 1 heterocycles. The van der Waals surface area contributed by atoms with Gasteiger partial charge >= 0.3 is 0 Å². The van der Waals surface area contributed by atoms with Crippen LogP contribution in [0.4, 0.5) is 0 Å². The van der Waals surface area contributed by atoms with E-state index in [4.69, 9.17) is 5.73 Å². The minimum absolute atomic E-state index is 0. The third-order valence-electron chi connectivity index (χ3n) is 4.64. The molecule has 6 nitrogen and oxygen atoms in total. The van der Waals surface area contributed by atoms with Crippen molar-refractivity contribution in [2.75, 3.05) is 0 Å².